The maximum atomic E-state index is 12.2. The van der Waals surface area contributed by atoms with Gasteiger partial charge in [-0.2, -0.15) is 0 Å². The molecule has 3 rings (SSSR count). The van der Waals surface area contributed by atoms with Crippen molar-refractivity contribution in [1.29, 1.82) is 0 Å². The van der Waals surface area contributed by atoms with Gasteiger partial charge in [0.25, 0.3) is 0 Å². The molecule has 7 heteroatoms. The van der Waals surface area contributed by atoms with Crippen molar-refractivity contribution < 1.29 is 12.8 Å². The minimum Gasteiger partial charge on any atom is -0.424 e. The molecule has 100 valence electrons. The summed E-state index contributed by atoms with van der Waals surface area (Å²) >= 11 is 3.26. The van der Waals surface area contributed by atoms with Crippen molar-refractivity contribution in [2.24, 2.45) is 0 Å². The lowest BCUT2D eigenvalue weighted by Crippen LogP contribution is -2.05. The Morgan fingerprint density at radius 2 is 2.11 bits per heavy atom. The van der Waals surface area contributed by atoms with E-state index >= 15 is 0 Å². The SMILES string of the molecule is O=S(=O)(Cc1nnc(C2CC2)o1)c1cccc(Br)c1. The van der Waals surface area contributed by atoms with Crippen molar-refractivity contribution in [2.75, 3.05) is 0 Å². The molecule has 0 unspecified atom stereocenters. The van der Waals surface area contributed by atoms with Gasteiger partial charge in [0.1, 0.15) is 5.75 Å². The van der Waals surface area contributed by atoms with E-state index in [9.17, 15) is 8.42 Å². The molecule has 2 aromatic rings. The van der Waals surface area contributed by atoms with Crippen LogP contribution in [-0.4, -0.2) is 18.6 Å². The van der Waals surface area contributed by atoms with Gasteiger partial charge in [0.2, 0.25) is 11.8 Å². The van der Waals surface area contributed by atoms with Gasteiger partial charge in [-0.3, -0.25) is 0 Å². The first-order chi connectivity index (χ1) is 9.04. The molecule has 0 bridgehead atoms. The number of nitrogens with zero attached hydrogens (tertiary/aromatic N) is 2. The summed E-state index contributed by atoms with van der Waals surface area (Å²) in [7, 11) is -3.45. The molecule has 0 atom stereocenters. The van der Waals surface area contributed by atoms with Crippen molar-refractivity contribution in [1.82, 2.24) is 10.2 Å². The lowest BCUT2D eigenvalue weighted by molar-refractivity contribution is 0.462. The molecule has 1 aromatic carbocycles. The van der Waals surface area contributed by atoms with Crippen LogP contribution in [0.25, 0.3) is 0 Å². The van der Waals surface area contributed by atoms with Crippen molar-refractivity contribution in [3.63, 3.8) is 0 Å². The first-order valence-electron chi connectivity index (χ1n) is 5.85. The third kappa shape index (κ3) is 2.87. The molecule has 0 amide bonds. The number of rotatable bonds is 4. The lowest BCUT2D eigenvalue weighted by atomic mass is 10.4. The summed E-state index contributed by atoms with van der Waals surface area (Å²) in [5.41, 5.74) is 0. The van der Waals surface area contributed by atoms with Gasteiger partial charge in [-0.05, 0) is 31.0 Å². The van der Waals surface area contributed by atoms with Crippen LogP contribution in [0.1, 0.15) is 30.5 Å². The van der Waals surface area contributed by atoms with Crippen LogP contribution in [-0.2, 0) is 15.6 Å². The Labute approximate surface area is 119 Å². The highest BCUT2D eigenvalue weighted by Crippen LogP contribution is 2.39. The maximum absolute atomic E-state index is 12.2. The number of hydrogen-bond donors (Lipinski definition) is 0. The van der Waals surface area contributed by atoms with Crippen molar-refractivity contribution >= 4 is 25.8 Å². The molecular formula is C12H11BrN2O3S. The summed E-state index contributed by atoms with van der Waals surface area (Å²) in [6.45, 7) is 0. The van der Waals surface area contributed by atoms with E-state index in [0.717, 1.165) is 17.3 Å². The minimum absolute atomic E-state index is 0.155. The zero-order valence-corrected chi connectivity index (χ0v) is 12.3. The number of aromatic nitrogens is 2. The molecule has 1 aliphatic carbocycles. The van der Waals surface area contributed by atoms with Gasteiger partial charge in [-0.25, -0.2) is 8.42 Å². The molecule has 1 aromatic heterocycles. The van der Waals surface area contributed by atoms with E-state index in [4.69, 9.17) is 4.42 Å². The topological polar surface area (TPSA) is 73.1 Å². The Morgan fingerprint density at radius 1 is 1.32 bits per heavy atom. The van der Waals surface area contributed by atoms with E-state index in [1.165, 1.54) is 0 Å². The molecule has 1 fully saturated rings. The molecule has 0 spiro atoms. The van der Waals surface area contributed by atoms with Gasteiger partial charge in [0.15, 0.2) is 9.84 Å². The highest BCUT2D eigenvalue weighted by molar-refractivity contribution is 9.10. The third-order valence-electron chi connectivity index (χ3n) is 2.88. The average Bonchev–Trinajstić information content (AvgIpc) is 3.11. The molecule has 1 heterocycles. The van der Waals surface area contributed by atoms with E-state index in [2.05, 4.69) is 26.1 Å². The average molecular weight is 343 g/mol. The largest absolute Gasteiger partial charge is 0.424 e. The van der Waals surface area contributed by atoms with Crippen molar-refractivity contribution in [3.05, 3.63) is 40.5 Å². The maximum Gasteiger partial charge on any atom is 0.231 e. The quantitative estimate of drug-likeness (QED) is 0.853. The predicted octanol–water partition coefficient (Wildman–Crippen LogP) is 2.68. The molecule has 0 saturated heterocycles. The summed E-state index contributed by atoms with van der Waals surface area (Å²) in [5.74, 6) is 0.777. The Morgan fingerprint density at radius 3 is 2.79 bits per heavy atom. The second-order valence-electron chi connectivity index (χ2n) is 4.52. The Bertz CT molecular complexity index is 707. The zero-order valence-electron chi connectivity index (χ0n) is 9.91. The smallest absolute Gasteiger partial charge is 0.231 e. The minimum atomic E-state index is -3.45. The Kier molecular flexibility index (Phi) is 3.18. The summed E-state index contributed by atoms with van der Waals surface area (Å²) in [6, 6.07) is 6.57. The number of hydrogen-bond acceptors (Lipinski definition) is 5. The van der Waals surface area contributed by atoms with E-state index in [0.29, 0.717) is 11.8 Å². The first kappa shape index (κ1) is 12.8. The van der Waals surface area contributed by atoms with Crippen LogP contribution in [0.2, 0.25) is 0 Å². The van der Waals surface area contributed by atoms with Gasteiger partial charge in [-0.1, -0.05) is 22.0 Å². The van der Waals surface area contributed by atoms with Gasteiger partial charge in [0, 0.05) is 10.4 Å². The molecule has 1 saturated carbocycles. The molecule has 5 nitrogen and oxygen atoms in total. The van der Waals surface area contributed by atoms with Crippen molar-refractivity contribution in [2.45, 2.75) is 29.4 Å². The summed E-state index contributed by atoms with van der Waals surface area (Å²) in [4.78, 5) is 0.244. The van der Waals surface area contributed by atoms with Gasteiger partial charge in [0.05, 0.1) is 4.90 Å². The van der Waals surface area contributed by atoms with Gasteiger partial charge >= 0.3 is 0 Å². The summed E-state index contributed by atoms with van der Waals surface area (Å²) < 4.78 is 30.5. The fourth-order valence-corrected chi connectivity index (χ4v) is 3.48. The van der Waals surface area contributed by atoms with Crippen LogP contribution in [0.15, 0.2) is 38.1 Å². The molecule has 0 radical (unpaired) electrons. The Balaban J connectivity index is 1.84. The summed E-state index contributed by atoms with van der Waals surface area (Å²) in [5, 5.41) is 7.69. The number of benzene rings is 1. The second kappa shape index (κ2) is 4.72. The monoisotopic (exact) mass is 342 g/mol. The molecule has 19 heavy (non-hydrogen) atoms. The third-order valence-corrected chi connectivity index (χ3v) is 4.97. The summed E-state index contributed by atoms with van der Waals surface area (Å²) in [6.07, 6.45) is 2.08. The first-order valence-corrected chi connectivity index (χ1v) is 8.30. The van der Waals surface area contributed by atoms with Crippen LogP contribution in [0.4, 0.5) is 0 Å². The molecule has 0 N–H and O–H groups in total. The Hall–Kier alpha value is -1.21. The normalized spacial score (nSPS) is 15.6. The highest BCUT2D eigenvalue weighted by Gasteiger charge is 2.30. The number of sulfone groups is 1. The molecule has 1 aliphatic rings. The van der Waals surface area contributed by atoms with E-state index in [1.54, 1.807) is 24.3 Å². The van der Waals surface area contributed by atoms with Crippen LogP contribution in [0.3, 0.4) is 0 Å². The van der Waals surface area contributed by atoms with Crippen LogP contribution in [0.5, 0.6) is 0 Å². The van der Waals surface area contributed by atoms with Crippen LogP contribution >= 0.6 is 15.9 Å². The molecule has 0 aliphatic heterocycles. The van der Waals surface area contributed by atoms with E-state index < -0.39 is 9.84 Å². The van der Waals surface area contributed by atoms with Crippen molar-refractivity contribution in [3.8, 4) is 0 Å². The van der Waals surface area contributed by atoms with Gasteiger partial charge in [-0.15, -0.1) is 10.2 Å². The fraction of sp³-hybridized carbons (Fsp3) is 0.333. The second-order valence-corrected chi connectivity index (χ2v) is 7.43. The standard InChI is InChI=1S/C12H11BrN2O3S/c13-9-2-1-3-10(6-9)19(16,17)7-11-14-15-12(18-11)8-4-5-8/h1-3,6,8H,4-5,7H2. The fourth-order valence-electron chi connectivity index (χ4n) is 1.73. The van der Waals surface area contributed by atoms with Crippen LogP contribution < -0.4 is 0 Å². The predicted molar refractivity (Wildman–Crippen MR) is 71.3 cm³/mol. The van der Waals surface area contributed by atoms with Crippen LogP contribution in [0, 0.1) is 0 Å². The van der Waals surface area contributed by atoms with E-state index in [1.807, 2.05) is 0 Å². The lowest BCUT2D eigenvalue weighted by Gasteiger charge is -2.01. The number of halogens is 1. The zero-order chi connectivity index (χ0) is 13.5. The molecular weight excluding hydrogens is 332 g/mol. The van der Waals surface area contributed by atoms with Gasteiger partial charge < -0.3 is 4.42 Å². The highest BCUT2D eigenvalue weighted by atomic mass is 79.9. The van der Waals surface area contributed by atoms with E-state index in [-0.39, 0.29) is 16.5 Å².